The van der Waals surface area contributed by atoms with Gasteiger partial charge in [0, 0.05) is 6.04 Å². The lowest BCUT2D eigenvalue weighted by Gasteiger charge is -2.27. The van der Waals surface area contributed by atoms with Crippen LogP contribution in [0.5, 0.6) is 0 Å². The first-order valence-corrected chi connectivity index (χ1v) is 5.09. The topological polar surface area (TPSA) is 89.6 Å². The molecule has 0 heterocycles. The van der Waals surface area contributed by atoms with Crippen molar-refractivity contribution in [2.75, 3.05) is 0 Å². The SMILES string of the molecule is CC(C)(C)OC(=O)[C@@]1(C(=O)O)C=C[C@@H](N)C1. The molecule has 0 aromatic rings. The number of aliphatic carboxylic acids is 1. The summed E-state index contributed by atoms with van der Waals surface area (Å²) >= 11 is 0. The van der Waals surface area contributed by atoms with Gasteiger partial charge in [-0.15, -0.1) is 0 Å². The van der Waals surface area contributed by atoms with Crippen molar-refractivity contribution in [1.82, 2.24) is 0 Å². The summed E-state index contributed by atoms with van der Waals surface area (Å²) in [7, 11) is 0. The Morgan fingerprint density at radius 2 is 2.06 bits per heavy atom. The summed E-state index contributed by atoms with van der Waals surface area (Å²) in [6, 6.07) is -0.413. The van der Waals surface area contributed by atoms with E-state index in [4.69, 9.17) is 15.6 Å². The fourth-order valence-corrected chi connectivity index (χ4v) is 1.56. The minimum absolute atomic E-state index is 0.0528. The van der Waals surface area contributed by atoms with Crippen LogP contribution in [0, 0.1) is 5.41 Å². The van der Waals surface area contributed by atoms with Gasteiger partial charge in [-0.2, -0.15) is 0 Å². The van der Waals surface area contributed by atoms with Gasteiger partial charge in [0.25, 0.3) is 0 Å². The minimum Gasteiger partial charge on any atom is -0.480 e. The van der Waals surface area contributed by atoms with E-state index in [0.29, 0.717) is 0 Å². The van der Waals surface area contributed by atoms with Gasteiger partial charge in [0.05, 0.1) is 0 Å². The van der Waals surface area contributed by atoms with Gasteiger partial charge in [-0.3, -0.25) is 9.59 Å². The van der Waals surface area contributed by atoms with Gasteiger partial charge in [-0.25, -0.2) is 0 Å². The summed E-state index contributed by atoms with van der Waals surface area (Å²) in [4.78, 5) is 23.0. The highest BCUT2D eigenvalue weighted by molar-refractivity contribution is 6.02. The van der Waals surface area contributed by atoms with Crippen LogP contribution in [0.1, 0.15) is 27.2 Å². The van der Waals surface area contributed by atoms with Crippen molar-refractivity contribution in [3.8, 4) is 0 Å². The van der Waals surface area contributed by atoms with Crippen molar-refractivity contribution in [2.45, 2.75) is 38.8 Å². The van der Waals surface area contributed by atoms with Gasteiger partial charge < -0.3 is 15.6 Å². The zero-order valence-corrected chi connectivity index (χ0v) is 9.69. The number of hydrogen-bond acceptors (Lipinski definition) is 4. The van der Waals surface area contributed by atoms with Crippen LogP contribution in [0.3, 0.4) is 0 Å². The molecular formula is C11H17NO4. The molecular weight excluding hydrogens is 210 g/mol. The molecule has 0 aliphatic heterocycles. The zero-order chi connectivity index (χ0) is 12.6. The fourth-order valence-electron chi connectivity index (χ4n) is 1.56. The Labute approximate surface area is 94.3 Å². The average Bonchev–Trinajstić information content (AvgIpc) is 2.45. The van der Waals surface area contributed by atoms with Crippen molar-refractivity contribution < 1.29 is 19.4 Å². The van der Waals surface area contributed by atoms with E-state index in [1.54, 1.807) is 20.8 Å². The van der Waals surface area contributed by atoms with Gasteiger partial charge in [0.2, 0.25) is 0 Å². The lowest BCUT2D eigenvalue weighted by Crippen LogP contribution is -2.42. The van der Waals surface area contributed by atoms with Crippen molar-refractivity contribution in [3.05, 3.63) is 12.2 Å². The molecule has 0 spiro atoms. The van der Waals surface area contributed by atoms with E-state index < -0.39 is 29.0 Å². The van der Waals surface area contributed by atoms with E-state index in [1.807, 2.05) is 0 Å². The predicted octanol–water partition coefficient (Wildman–Crippen LogP) is 0.686. The number of rotatable bonds is 2. The predicted molar refractivity (Wildman–Crippen MR) is 57.6 cm³/mol. The number of carboxylic acid groups (broad SMARTS) is 1. The molecule has 0 radical (unpaired) electrons. The Hall–Kier alpha value is -1.36. The molecule has 0 bridgehead atoms. The molecule has 5 nitrogen and oxygen atoms in total. The monoisotopic (exact) mass is 227 g/mol. The molecule has 0 unspecified atom stereocenters. The quantitative estimate of drug-likeness (QED) is 0.411. The highest BCUT2D eigenvalue weighted by Crippen LogP contribution is 2.34. The maximum absolute atomic E-state index is 11.9. The third kappa shape index (κ3) is 2.41. The van der Waals surface area contributed by atoms with E-state index in [2.05, 4.69) is 0 Å². The smallest absolute Gasteiger partial charge is 0.328 e. The van der Waals surface area contributed by atoms with Crippen LogP contribution in [0.25, 0.3) is 0 Å². The molecule has 1 aliphatic carbocycles. The van der Waals surface area contributed by atoms with Crippen LogP contribution in [-0.2, 0) is 14.3 Å². The van der Waals surface area contributed by atoms with Crippen molar-refractivity contribution in [3.63, 3.8) is 0 Å². The molecule has 0 amide bonds. The Morgan fingerprint density at radius 1 is 1.50 bits per heavy atom. The number of carbonyl (C=O) groups is 2. The van der Waals surface area contributed by atoms with Gasteiger partial charge in [0.15, 0.2) is 5.41 Å². The maximum atomic E-state index is 11.9. The van der Waals surface area contributed by atoms with Crippen molar-refractivity contribution >= 4 is 11.9 Å². The largest absolute Gasteiger partial charge is 0.480 e. The Morgan fingerprint density at radius 3 is 2.38 bits per heavy atom. The number of ether oxygens (including phenoxy) is 1. The van der Waals surface area contributed by atoms with Crippen LogP contribution in [0.2, 0.25) is 0 Å². The molecule has 3 N–H and O–H groups in total. The van der Waals surface area contributed by atoms with Crippen LogP contribution >= 0.6 is 0 Å². The molecule has 1 rings (SSSR count). The minimum atomic E-state index is -1.62. The molecule has 0 aromatic heterocycles. The number of carboxylic acids is 1. The molecule has 5 heteroatoms. The Bertz CT molecular complexity index is 342. The molecule has 2 atom stereocenters. The average molecular weight is 227 g/mol. The summed E-state index contributed by atoms with van der Waals surface area (Å²) in [5.74, 6) is -1.97. The first-order chi connectivity index (χ1) is 7.17. The molecule has 0 fully saturated rings. The summed E-state index contributed by atoms with van der Waals surface area (Å²) in [6.45, 7) is 5.08. The number of nitrogens with two attached hydrogens (primary N) is 1. The van der Waals surface area contributed by atoms with Crippen molar-refractivity contribution in [1.29, 1.82) is 0 Å². The molecule has 1 aliphatic rings. The Kier molecular flexibility index (Phi) is 3.10. The van der Waals surface area contributed by atoms with E-state index in [1.165, 1.54) is 12.2 Å². The summed E-state index contributed by atoms with van der Waals surface area (Å²) in [5, 5.41) is 9.14. The van der Waals surface area contributed by atoms with Gasteiger partial charge in [0.1, 0.15) is 5.60 Å². The maximum Gasteiger partial charge on any atom is 0.328 e. The number of carbonyl (C=O) groups excluding carboxylic acids is 1. The summed E-state index contributed by atoms with van der Waals surface area (Å²) < 4.78 is 5.11. The lowest BCUT2D eigenvalue weighted by molar-refractivity contribution is -0.173. The fraction of sp³-hybridized carbons (Fsp3) is 0.636. The highest BCUT2D eigenvalue weighted by atomic mass is 16.6. The van der Waals surface area contributed by atoms with Crippen molar-refractivity contribution in [2.24, 2.45) is 11.1 Å². The van der Waals surface area contributed by atoms with E-state index in [-0.39, 0.29) is 6.42 Å². The van der Waals surface area contributed by atoms with Crippen LogP contribution < -0.4 is 5.73 Å². The van der Waals surface area contributed by atoms with E-state index in [0.717, 1.165) is 0 Å². The second kappa shape index (κ2) is 3.90. The van der Waals surface area contributed by atoms with Gasteiger partial charge in [-0.05, 0) is 27.2 Å². The number of esters is 1. The third-order valence-corrected chi connectivity index (χ3v) is 2.33. The van der Waals surface area contributed by atoms with Gasteiger partial charge >= 0.3 is 11.9 Å². The van der Waals surface area contributed by atoms with Crippen LogP contribution in [0.15, 0.2) is 12.2 Å². The number of hydrogen-bond donors (Lipinski definition) is 2. The highest BCUT2D eigenvalue weighted by Gasteiger charge is 2.50. The first-order valence-electron chi connectivity index (χ1n) is 5.09. The first kappa shape index (κ1) is 12.7. The van der Waals surface area contributed by atoms with E-state index >= 15 is 0 Å². The lowest BCUT2D eigenvalue weighted by atomic mass is 9.87. The zero-order valence-electron chi connectivity index (χ0n) is 9.69. The molecule has 0 aromatic carbocycles. The second-order valence-electron chi connectivity index (χ2n) is 5.01. The van der Waals surface area contributed by atoms with Crippen LogP contribution in [-0.4, -0.2) is 28.7 Å². The summed E-state index contributed by atoms with van der Waals surface area (Å²) in [5.41, 5.74) is 3.27. The van der Waals surface area contributed by atoms with Gasteiger partial charge in [-0.1, -0.05) is 12.2 Å². The normalized spacial score (nSPS) is 29.1. The third-order valence-electron chi connectivity index (χ3n) is 2.33. The second-order valence-corrected chi connectivity index (χ2v) is 5.01. The summed E-state index contributed by atoms with van der Waals surface area (Å²) in [6.07, 6.45) is 2.91. The standard InChI is InChI=1S/C11H17NO4/c1-10(2,3)16-9(15)11(8(13)14)5-4-7(12)6-11/h4-5,7H,6,12H2,1-3H3,(H,13,14)/t7-,11+/m1/s1. The van der Waals surface area contributed by atoms with E-state index in [9.17, 15) is 9.59 Å². The van der Waals surface area contributed by atoms with Crippen LogP contribution in [0.4, 0.5) is 0 Å². The molecule has 16 heavy (non-hydrogen) atoms. The Balaban J connectivity index is 2.93. The molecule has 90 valence electrons. The molecule has 0 saturated carbocycles. The molecule has 0 saturated heterocycles.